The van der Waals surface area contributed by atoms with E-state index in [1.807, 2.05) is 17.8 Å². The number of hydrogen-bond acceptors (Lipinski definition) is 9. The quantitative estimate of drug-likeness (QED) is 0.469. The van der Waals surface area contributed by atoms with Gasteiger partial charge in [-0.2, -0.15) is 10.2 Å². The number of aryl methyl sites for hydroxylation is 1. The van der Waals surface area contributed by atoms with Gasteiger partial charge < -0.3 is 14.8 Å². The molecule has 2 aliphatic heterocycles. The zero-order valence-corrected chi connectivity index (χ0v) is 18.1. The fourth-order valence-corrected chi connectivity index (χ4v) is 4.09. The maximum absolute atomic E-state index is 12.2. The Hall–Kier alpha value is -4.22. The highest BCUT2D eigenvalue weighted by molar-refractivity contribution is 6.00. The molecule has 4 bridgehead atoms. The summed E-state index contributed by atoms with van der Waals surface area (Å²) < 4.78 is 14.8. The van der Waals surface area contributed by atoms with Gasteiger partial charge in [-0.1, -0.05) is 0 Å². The molecular formula is C21H21N9O3. The number of nitrogens with zero attached hydrogens (tertiary/aromatic N) is 8. The van der Waals surface area contributed by atoms with Crippen molar-refractivity contribution in [1.82, 2.24) is 34.5 Å². The number of nitrogens with one attached hydrogen (secondary N) is 1. The van der Waals surface area contributed by atoms with Crippen molar-refractivity contribution in [3.63, 3.8) is 0 Å². The molecule has 0 aliphatic carbocycles. The lowest BCUT2D eigenvalue weighted by Gasteiger charge is -2.16. The van der Waals surface area contributed by atoms with Crippen molar-refractivity contribution in [2.24, 2.45) is 7.05 Å². The van der Waals surface area contributed by atoms with Crippen molar-refractivity contribution >= 4 is 34.4 Å². The Labute approximate surface area is 188 Å². The number of aromatic nitrogens is 7. The summed E-state index contributed by atoms with van der Waals surface area (Å²) in [4.78, 5) is 27.3. The first kappa shape index (κ1) is 19.5. The summed E-state index contributed by atoms with van der Waals surface area (Å²) in [6.07, 6.45) is 5.37. The van der Waals surface area contributed by atoms with Crippen LogP contribution < -0.4 is 15.0 Å². The molecule has 1 amide bonds. The van der Waals surface area contributed by atoms with Crippen LogP contribution in [0.3, 0.4) is 0 Å². The Balaban J connectivity index is 1.49. The molecule has 6 heterocycles. The Kier molecular flexibility index (Phi) is 4.38. The van der Waals surface area contributed by atoms with Gasteiger partial charge in [-0.3, -0.25) is 9.58 Å². The number of amides is 1. The van der Waals surface area contributed by atoms with Crippen molar-refractivity contribution < 1.29 is 14.3 Å². The Morgan fingerprint density at radius 1 is 1.15 bits per heavy atom. The van der Waals surface area contributed by atoms with E-state index >= 15 is 0 Å². The smallest absolute Gasteiger partial charge is 0.415 e. The molecule has 2 aliphatic rings. The highest BCUT2D eigenvalue weighted by atomic mass is 16.6. The van der Waals surface area contributed by atoms with E-state index in [-0.39, 0.29) is 6.04 Å². The average molecular weight is 447 g/mol. The largest absolute Gasteiger partial charge is 0.477 e. The lowest BCUT2D eigenvalue weighted by atomic mass is 10.2. The minimum Gasteiger partial charge on any atom is -0.477 e. The van der Waals surface area contributed by atoms with E-state index in [9.17, 15) is 4.79 Å². The Morgan fingerprint density at radius 3 is 2.91 bits per heavy atom. The van der Waals surface area contributed by atoms with Crippen molar-refractivity contribution in [3.05, 3.63) is 30.7 Å². The molecule has 1 N–H and O–H groups in total. The maximum atomic E-state index is 12.2. The molecule has 1 fully saturated rings. The zero-order valence-electron chi connectivity index (χ0n) is 18.1. The summed E-state index contributed by atoms with van der Waals surface area (Å²) in [5, 5.41) is 13.1. The molecule has 4 aromatic heterocycles. The van der Waals surface area contributed by atoms with E-state index in [0.717, 1.165) is 10.9 Å². The minimum absolute atomic E-state index is 0.0104. The van der Waals surface area contributed by atoms with Crippen LogP contribution in [0, 0.1) is 0 Å². The van der Waals surface area contributed by atoms with E-state index in [2.05, 4.69) is 32.3 Å². The van der Waals surface area contributed by atoms with E-state index in [0.29, 0.717) is 60.9 Å². The monoisotopic (exact) mass is 447 g/mol. The van der Waals surface area contributed by atoms with Crippen LogP contribution in [0.25, 0.3) is 22.3 Å². The number of cyclic esters (lactones) is 1. The van der Waals surface area contributed by atoms with E-state index in [1.54, 1.807) is 34.2 Å². The molecule has 6 rings (SSSR count). The molecule has 0 radical (unpaired) electrons. The summed E-state index contributed by atoms with van der Waals surface area (Å²) in [5.41, 5.74) is 1.56. The number of anilines is 3. The SMILES string of the molecule is CC1CCOc2c(cnn2C)-c2nccc(n2)Nc2cc3c(cn2)c(N2CCOC2=O)nn31. The van der Waals surface area contributed by atoms with Crippen LogP contribution in [0.15, 0.2) is 30.7 Å². The van der Waals surface area contributed by atoms with Crippen LogP contribution in [-0.4, -0.2) is 60.4 Å². The molecule has 1 saturated heterocycles. The van der Waals surface area contributed by atoms with E-state index in [1.165, 1.54) is 0 Å². The highest BCUT2D eigenvalue weighted by Gasteiger charge is 2.29. The molecule has 1 unspecified atom stereocenters. The number of carbonyl (C=O) groups is 1. The third-order valence-corrected chi connectivity index (χ3v) is 5.82. The van der Waals surface area contributed by atoms with Gasteiger partial charge in [0.25, 0.3) is 0 Å². The first-order valence-corrected chi connectivity index (χ1v) is 10.7. The Bertz CT molecular complexity index is 1380. The van der Waals surface area contributed by atoms with Gasteiger partial charge in [0, 0.05) is 31.9 Å². The fraction of sp³-hybridized carbons (Fsp3) is 0.333. The number of ether oxygens (including phenoxy) is 2. The van der Waals surface area contributed by atoms with Crippen molar-refractivity contribution in [3.8, 4) is 17.3 Å². The van der Waals surface area contributed by atoms with Gasteiger partial charge in [-0.05, 0) is 13.0 Å². The molecule has 33 heavy (non-hydrogen) atoms. The highest BCUT2D eigenvalue weighted by Crippen LogP contribution is 2.33. The number of fused-ring (bicyclic) bond motifs is 5. The van der Waals surface area contributed by atoms with E-state index in [4.69, 9.17) is 14.6 Å². The predicted octanol–water partition coefficient (Wildman–Crippen LogP) is 2.67. The van der Waals surface area contributed by atoms with Gasteiger partial charge in [0.05, 0.1) is 36.3 Å². The molecular weight excluding hydrogens is 426 g/mol. The molecule has 0 saturated carbocycles. The topological polar surface area (TPSA) is 125 Å². The van der Waals surface area contributed by atoms with Crippen molar-refractivity contribution in [2.45, 2.75) is 19.4 Å². The van der Waals surface area contributed by atoms with Crippen LogP contribution in [-0.2, 0) is 11.8 Å². The minimum atomic E-state index is -0.400. The number of hydrogen-bond donors (Lipinski definition) is 1. The summed E-state index contributed by atoms with van der Waals surface area (Å²) in [6.45, 7) is 3.30. The van der Waals surface area contributed by atoms with Crippen molar-refractivity contribution in [2.75, 3.05) is 30.0 Å². The summed E-state index contributed by atoms with van der Waals surface area (Å²) in [7, 11) is 1.82. The molecule has 1 atom stereocenters. The predicted molar refractivity (Wildman–Crippen MR) is 119 cm³/mol. The number of rotatable bonds is 1. The second kappa shape index (κ2) is 7.43. The molecule has 0 spiro atoms. The van der Waals surface area contributed by atoms with Gasteiger partial charge >= 0.3 is 6.09 Å². The molecule has 0 aromatic carbocycles. The summed E-state index contributed by atoms with van der Waals surface area (Å²) in [5.74, 6) is 2.84. The van der Waals surface area contributed by atoms with E-state index < -0.39 is 6.09 Å². The third kappa shape index (κ3) is 3.22. The maximum Gasteiger partial charge on any atom is 0.415 e. The molecule has 12 heteroatoms. The summed E-state index contributed by atoms with van der Waals surface area (Å²) in [6, 6.07) is 3.67. The summed E-state index contributed by atoms with van der Waals surface area (Å²) >= 11 is 0. The lowest BCUT2D eigenvalue weighted by Crippen LogP contribution is -2.24. The van der Waals surface area contributed by atoms with Gasteiger partial charge in [0.15, 0.2) is 11.6 Å². The van der Waals surface area contributed by atoms with Crippen LogP contribution in [0.2, 0.25) is 0 Å². The van der Waals surface area contributed by atoms with Crippen LogP contribution in [0.4, 0.5) is 22.2 Å². The zero-order chi connectivity index (χ0) is 22.5. The van der Waals surface area contributed by atoms with Gasteiger partial charge in [-0.25, -0.2) is 24.4 Å². The third-order valence-electron chi connectivity index (χ3n) is 5.82. The average Bonchev–Trinajstić information content (AvgIpc) is 3.50. The standard InChI is InChI=1S/C21H21N9O3/c1-12-4-7-32-20-14(11-24-28(20)2)18-22-5-3-16(26-18)25-17-9-15-13(10-23-17)19(27-30(12)15)29-6-8-33-21(29)31/h3,5,9-12H,4,6-8H2,1-2H3,(H,22,23,25,26). The molecule has 12 nitrogen and oxygen atoms in total. The van der Waals surface area contributed by atoms with Gasteiger partial charge in [0.1, 0.15) is 23.8 Å². The second-order valence-corrected chi connectivity index (χ2v) is 7.98. The number of pyridine rings is 1. The lowest BCUT2D eigenvalue weighted by molar-refractivity contribution is 0.181. The van der Waals surface area contributed by atoms with Gasteiger partial charge in [-0.15, -0.1) is 0 Å². The first-order valence-electron chi connectivity index (χ1n) is 10.7. The van der Waals surface area contributed by atoms with Crippen LogP contribution in [0.1, 0.15) is 19.4 Å². The normalized spacial score (nSPS) is 17.9. The Morgan fingerprint density at radius 2 is 2.06 bits per heavy atom. The van der Waals surface area contributed by atoms with Crippen LogP contribution >= 0.6 is 0 Å². The fourth-order valence-electron chi connectivity index (χ4n) is 4.09. The van der Waals surface area contributed by atoms with Crippen LogP contribution in [0.5, 0.6) is 5.88 Å². The second-order valence-electron chi connectivity index (χ2n) is 7.98. The molecule has 168 valence electrons. The first-order chi connectivity index (χ1) is 16.1. The van der Waals surface area contributed by atoms with Crippen molar-refractivity contribution in [1.29, 1.82) is 0 Å². The number of carbonyl (C=O) groups excluding carboxylic acids is 1. The van der Waals surface area contributed by atoms with Gasteiger partial charge in [0.2, 0.25) is 5.88 Å². The molecule has 4 aromatic rings.